The third kappa shape index (κ3) is 10.6. The topological polar surface area (TPSA) is 136 Å². The second-order valence-electron chi connectivity index (χ2n) is 17.5. The van der Waals surface area contributed by atoms with Crippen molar-refractivity contribution >= 4 is 32.5 Å². The van der Waals surface area contributed by atoms with E-state index < -0.39 is 16.1 Å². The van der Waals surface area contributed by atoms with Crippen LogP contribution < -0.4 is 9.21 Å². The Labute approximate surface area is 367 Å². The lowest BCUT2D eigenvalue weighted by Crippen LogP contribution is -2.42. The van der Waals surface area contributed by atoms with E-state index in [0.29, 0.717) is 39.8 Å². The van der Waals surface area contributed by atoms with Gasteiger partial charge in [-0.1, -0.05) is 144 Å². The minimum Gasteiger partial charge on any atom is -0.371 e. The Kier molecular flexibility index (Phi) is 17.4. The van der Waals surface area contributed by atoms with E-state index in [2.05, 4.69) is 46.4 Å². The molecule has 0 aromatic heterocycles. The van der Waals surface area contributed by atoms with Crippen molar-refractivity contribution in [3.8, 4) is 24.3 Å². The number of sulfonamides is 1. The molecule has 8 nitrogen and oxygen atoms in total. The van der Waals surface area contributed by atoms with Gasteiger partial charge in [0.05, 0.1) is 10.6 Å². The zero-order chi connectivity index (χ0) is 45.0. The number of unbranched alkanes of at least 4 members (excludes halogenated alkanes) is 2. The molecule has 0 aliphatic heterocycles. The Balaban J connectivity index is 2.16. The summed E-state index contributed by atoms with van der Waals surface area (Å²) >= 11 is 0. The van der Waals surface area contributed by atoms with Gasteiger partial charge in [0.1, 0.15) is 41.5 Å². The van der Waals surface area contributed by atoms with Crippen LogP contribution in [0.1, 0.15) is 166 Å². The van der Waals surface area contributed by atoms with Gasteiger partial charge >= 0.3 is 0 Å². The highest BCUT2D eigenvalue weighted by molar-refractivity contribution is 7.93. The molecule has 1 aliphatic carbocycles. The normalized spacial score (nSPS) is 13.7. The quantitative estimate of drug-likeness (QED) is 0.103. The second-order valence-corrected chi connectivity index (χ2v) is 19.3. The highest BCUT2D eigenvalue weighted by Gasteiger charge is 2.46. The molecule has 0 fully saturated rings. The molecular weight excluding hydrogens is 773 g/mol. The van der Waals surface area contributed by atoms with E-state index >= 15 is 8.42 Å². The number of rotatable bonds is 20. The summed E-state index contributed by atoms with van der Waals surface area (Å²) in [7, 11) is -4.60. The molecule has 0 saturated carbocycles. The van der Waals surface area contributed by atoms with E-state index in [-0.39, 0.29) is 44.9 Å². The lowest BCUT2D eigenvalue weighted by Gasteiger charge is -2.36. The molecule has 2 unspecified atom stereocenters. The minimum absolute atomic E-state index is 0.137. The summed E-state index contributed by atoms with van der Waals surface area (Å²) in [6, 6.07) is 25.3. The van der Waals surface area contributed by atoms with Crippen LogP contribution in [0.3, 0.4) is 0 Å². The Morgan fingerprint density at radius 1 is 0.623 bits per heavy atom. The third-order valence-electron chi connectivity index (χ3n) is 12.4. The van der Waals surface area contributed by atoms with Crippen molar-refractivity contribution in [3.05, 3.63) is 99.6 Å². The highest BCUT2D eigenvalue weighted by atomic mass is 32.2. The standard InChI is InChI=1S/C52H66N6O2S/c1-11-15-19-38(13-3)33-57(34-39(14-4)20-16-12-2)43-23-25-44(26-24-43)58(61(59,60)52-47(36(7)8)27-40(35(5)6)28-48(52)37(9)10)51-49(41(29-53)30-54)45-21-17-18-22-46(45)50(51)42(31-55)32-56/h17-18,21-28,35-39,51H,11-16,19-20,33-34H2,1-10H3. The lowest BCUT2D eigenvalue weighted by atomic mass is 9.89. The fourth-order valence-corrected chi connectivity index (χ4v) is 11.0. The summed E-state index contributed by atoms with van der Waals surface area (Å²) in [5.74, 6) is 0.760. The molecule has 0 amide bonds. The molecule has 2 atom stereocenters. The molecule has 322 valence electrons. The summed E-state index contributed by atoms with van der Waals surface area (Å²) in [4.78, 5) is 2.64. The van der Waals surface area contributed by atoms with Crippen molar-refractivity contribution in [1.29, 1.82) is 21.0 Å². The van der Waals surface area contributed by atoms with Gasteiger partial charge in [-0.15, -0.1) is 0 Å². The van der Waals surface area contributed by atoms with Crippen LogP contribution in [-0.4, -0.2) is 27.5 Å². The summed E-state index contributed by atoms with van der Waals surface area (Å²) in [5.41, 5.74) is 4.22. The maximum Gasteiger partial charge on any atom is 0.265 e. The average Bonchev–Trinajstić information content (AvgIpc) is 3.57. The third-order valence-corrected chi connectivity index (χ3v) is 14.3. The molecule has 0 saturated heterocycles. The van der Waals surface area contributed by atoms with Crippen molar-refractivity contribution in [3.63, 3.8) is 0 Å². The van der Waals surface area contributed by atoms with Crippen LogP contribution in [0, 0.1) is 57.2 Å². The summed E-state index contributed by atoms with van der Waals surface area (Å²) in [6.07, 6.45) is 8.99. The van der Waals surface area contributed by atoms with Crippen molar-refractivity contribution in [2.75, 3.05) is 22.3 Å². The molecular formula is C52H66N6O2S. The molecule has 0 N–H and O–H groups in total. The molecule has 0 bridgehead atoms. The second kappa shape index (κ2) is 22.0. The van der Waals surface area contributed by atoms with Crippen LogP contribution in [-0.2, 0) is 10.0 Å². The first-order valence-corrected chi connectivity index (χ1v) is 23.9. The van der Waals surface area contributed by atoms with E-state index in [1.54, 1.807) is 24.3 Å². The molecule has 3 aromatic rings. The maximum atomic E-state index is 16.2. The summed E-state index contributed by atoms with van der Waals surface area (Å²) < 4.78 is 33.7. The predicted octanol–water partition coefficient (Wildman–Crippen LogP) is 13.2. The molecule has 9 heteroatoms. The van der Waals surface area contributed by atoms with Gasteiger partial charge in [-0.25, -0.2) is 8.42 Å². The number of hydrogen-bond donors (Lipinski definition) is 0. The van der Waals surface area contributed by atoms with Crippen LogP contribution in [0.5, 0.6) is 0 Å². The van der Waals surface area contributed by atoms with E-state index in [1.807, 2.05) is 88.4 Å². The van der Waals surface area contributed by atoms with Crippen molar-refractivity contribution in [1.82, 2.24) is 0 Å². The van der Waals surface area contributed by atoms with E-state index in [4.69, 9.17) is 0 Å². The SMILES string of the molecule is CCCCC(CC)CN(CC(CC)CCCC)c1ccc(N(C2C(=C(C#N)C#N)c3ccccc3C2=C(C#N)C#N)S(=O)(=O)c2c(C(C)C)cc(C(C)C)cc2C(C)C)cc1. The first-order valence-electron chi connectivity index (χ1n) is 22.4. The molecule has 0 radical (unpaired) electrons. The summed E-state index contributed by atoms with van der Waals surface area (Å²) in [5, 5.41) is 42.0. The van der Waals surface area contributed by atoms with Crippen LogP contribution in [0.15, 0.2) is 76.7 Å². The van der Waals surface area contributed by atoms with Crippen molar-refractivity contribution in [2.24, 2.45) is 11.8 Å². The van der Waals surface area contributed by atoms with Gasteiger partial charge in [-0.2, -0.15) is 21.0 Å². The number of benzene rings is 3. The van der Waals surface area contributed by atoms with Gasteiger partial charge in [-0.3, -0.25) is 4.31 Å². The van der Waals surface area contributed by atoms with Crippen molar-refractivity contribution < 1.29 is 8.42 Å². The number of anilines is 2. The number of nitriles is 4. The van der Waals surface area contributed by atoms with Crippen LogP contribution in [0.2, 0.25) is 0 Å². The number of nitrogens with zero attached hydrogens (tertiary/aromatic N) is 6. The first-order chi connectivity index (χ1) is 29.2. The maximum absolute atomic E-state index is 16.2. The summed E-state index contributed by atoms with van der Waals surface area (Å²) in [6.45, 7) is 22.9. The van der Waals surface area contributed by atoms with Gasteiger partial charge in [0.2, 0.25) is 0 Å². The van der Waals surface area contributed by atoms with Crippen LogP contribution in [0.4, 0.5) is 11.4 Å². The molecule has 4 rings (SSSR count). The zero-order valence-electron chi connectivity index (χ0n) is 38.2. The Hall–Kier alpha value is -5.35. The Bertz CT molecular complexity index is 2200. The minimum atomic E-state index is -4.60. The van der Waals surface area contributed by atoms with E-state index in [9.17, 15) is 21.0 Å². The average molecular weight is 839 g/mol. The fourth-order valence-electron chi connectivity index (χ4n) is 8.73. The largest absolute Gasteiger partial charge is 0.371 e. The number of fused-ring (bicyclic) bond motifs is 1. The smallest absolute Gasteiger partial charge is 0.265 e. The monoisotopic (exact) mass is 838 g/mol. The zero-order valence-corrected chi connectivity index (χ0v) is 39.0. The Morgan fingerprint density at radius 2 is 1.03 bits per heavy atom. The van der Waals surface area contributed by atoms with E-state index in [0.717, 1.165) is 75.7 Å². The van der Waals surface area contributed by atoms with E-state index in [1.165, 1.54) is 4.31 Å². The lowest BCUT2D eigenvalue weighted by molar-refractivity contribution is 0.403. The van der Waals surface area contributed by atoms with Gasteiger partial charge in [0.15, 0.2) is 0 Å². The number of allylic oxidation sites excluding steroid dienone is 2. The van der Waals surface area contributed by atoms with Crippen LogP contribution in [0.25, 0.3) is 11.1 Å². The van der Waals surface area contributed by atoms with Gasteiger partial charge in [0, 0.05) is 29.9 Å². The fraction of sp³-hybridized carbons (Fsp3) is 0.500. The molecule has 61 heavy (non-hydrogen) atoms. The number of hydrogen-bond acceptors (Lipinski definition) is 7. The van der Waals surface area contributed by atoms with Crippen molar-refractivity contribution in [2.45, 2.75) is 149 Å². The molecule has 1 aliphatic rings. The van der Waals surface area contributed by atoms with Gasteiger partial charge in [-0.05, 0) is 94.5 Å². The predicted molar refractivity (Wildman–Crippen MR) is 250 cm³/mol. The Morgan fingerprint density at radius 3 is 1.38 bits per heavy atom. The van der Waals surface area contributed by atoms with Crippen LogP contribution >= 0.6 is 0 Å². The van der Waals surface area contributed by atoms with Gasteiger partial charge < -0.3 is 4.90 Å². The first kappa shape index (κ1) is 48.3. The van der Waals surface area contributed by atoms with Gasteiger partial charge in [0.25, 0.3) is 10.0 Å². The highest BCUT2D eigenvalue weighted by Crippen LogP contribution is 2.50. The molecule has 0 spiro atoms. The molecule has 3 aromatic carbocycles. The molecule has 0 heterocycles.